The van der Waals surface area contributed by atoms with E-state index in [1.165, 1.54) is 6.20 Å². The van der Waals surface area contributed by atoms with Crippen LogP contribution in [0.3, 0.4) is 0 Å². The third-order valence-corrected chi connectivity index (χ3v) is 5.09. The van der Waals surface area contributed by atoms with Crippen molar-refractivity contribution in [1.82, 2.24) is 20.2 Å². The Hall–Kier alpha value is -1.77. The summed E-state index contributed by atoms with van der Waals surface area (Å²) in [7, 11) is 0. The van der Waals surface area contributed by atoms with Gasteiger partial charge in [0.1, 0.15) is 5.82 Å². The monoisotopic (exact) mass is 400 g/mol. The third-order valence-electron chi connectivity index (χ3n) is 3.76. The summed E-state index contributed by atoms with van der Waals surface area (Å²) in [5, 5.41) is 9.89. The molecule has 3 rings (SSSR count). The van der Waals surface area contributed by atoms with Gasteiger partial charge in [-0.1, -0.05) is 23.2 Å². The number of pyridine rings is 1. The molecule has 0 spiro atoms. The predicted molar refractivity (Wildman–Crippen MR) is 102 cm³/mol. The number of carbonyl (C=O) groups is 1. The molecular formula is C15H18Cl2N6OS. The molecule has 2 aromatic heterocycles. The Labute approximate surface area is 160 Å². The zero-order valence-electron chi connectivity index (χ0n) is 13.4. The minimum Gasteiger partial charge on any atom is -0.367 e. The van der Waals surface area contributed by atoms with Crippen LogP contribution in [-0.4, -0.2) is 60.2 Å². The van der Waals surface area contributed by atoms with Gasteiger partial charge in [-0.3, -0.25) is 0 Å². The second-order valence-corrected chi connectivity index (χ2v) is 7.15. The minimum atomic E-state index is -0.0595. The lowest BCUT2D eigenvalue weighted by atomic mass is 10.3. The Bertz CT molecular complexity index is 706. The first-order chi connectivity index (χ1) is 12.1. The first-order valence-electron chi connectivity index (χ1n) is 7.85. The van der Waals surface area contributed by atoms with E-state index < -0.39 is 0 Å². The summed E-state index contributed by atoms with van der Waals surface area (Å²) in [5.74, 6) is 0.553. The quantitative estimate of drug-likeness (QED) is 0.754. The Morgan fingerprint density at radius 1 is 1.20 bits per heavy atom. The highest BCUT2D eigenvalue weighted by atomic mass is 35.5. The summed E-state index contributed by atoms with van der Waals surface area (Å²) in [6, 6.07) is 1.56. The summed E-state index contributed by atoms with van der Waals surface area (Å²) in [6.45, 7) is 3.96. The van der Waals surface area contributed by atoms with Gasteiger partial charge >= 0.3 is 6.03 Å². The molecule has 0 radical (unpaired) electrons. The van der Waals surface area contributed by atoms with Crippen LogP contribution in [0.1, 0.15) is 0 Å². The van der Waals surface area contributed by atoms with Crippen LogP contribution in [0.25, 0.3) is 0 Å². The number of nitrogens with zero attached hydrogens (tertiary/aromatic N) is 4. The van der Waals surface area contributed by atoms with Gasteiger partial charge in [0.2, 0.25) is 0 Å². The van der Waals surface area contributed by atoms with Gasteiger partial charge in [-0.15, -0.1) is 11.3 Å². The molecule has 2 amide bonds. The number of nitrogens with one attached hydrogen (secondary N) is 2. The fourth-order valence-corrected chi connectivity index (χ4v) is 3.62. The van der Waals surface area contributed by atoms with Crippen molar-refractivity contribution in [1.29, 1.82) is 0 Å². The van der Waals surface area contributed by atoms with Gasteiger partial charge in [-0.05, 0) is 6.07 Å². The number of piperazine rings is 1. The zero-order chi connectivity index (χ0) is 17.6. The number of carbonyl (C=O) groups excluding carboxylic acids is 1. The Kier molecular flexibility index (Phi) is 6.17. The highest BCUT2D eigenvalue weighted by molar-refractivity contribution is 7.13. The van der Waals surface area contributed by atoms with Crippen LogP contribution in [0.4, 0.5) is 15.7 Å². The standard InChI is InChI=1S/C15H18Cl2N6OS/c16-11-9-12(17)13(21-10-11)18-1-2-19-14(24)22-4-6-23(7-5-22)15-20-3-8-25-15/h3,8-10H,1-2,4-7H2,(H,18,21)(H,19,24). The molecule has 1 fully saturated rings. The molecule has 0 saturated carbocycles. The van der Waals surface area contributed by atoms with Crippen molar-refractivity contribution in [3.05, 3.63) is 33.9 Å². The number of hydrogen-bond acceptors (Lipinski definition) is 6. The molecule has 7 nitrogen and oxygen atoms in total. The summed E-state index contributed by atoms with van der Waals surface area (Å²) in [4.78, 5) is 24.6. The molecule has 0 aliphatic carbocycles. The maximum absolute atomic E-state index is 12.2. The van der Waals surface area contributed by atoms with Gasteiger partial charge in [0.25, 0.3) is 0 Å². The lowest BCUT2D eigenvalue weighted by Crippen LogP contribution is -2.52. The molecule has 0 aromatic carbocycles. The molecule has 0 atom stereocenters. The molecule has 0 unspecified atom stereocenters. The van der Waals surface area contributed by atoms with E-state index in [1.54, 1.807) is 23.6 Å². The van der Waals surface area contributed by atoms with Crippen molar-refractivity contribution in [2.45, 2.75) is 0 Å². The Morgan fingerprint density at radius 2 is 2.00 bits per heavy atom. The summed E-state index contributed by atoms with van der Waals surface area (Å²) < 4.78 is 0. The molecule has 1 aliphatic rings. The van der Waals surface area contributed by atoms with Crippen molar-refractivity contribution >= 4 is 51.5 Å². The van der Waals surface area contributed by atoms with Crippen molar-refractivity contribution in [2.75, 3.05) is 49.5 Å². The normalized spacial score (nSPS) is 14.5. The zero-order valence-corrected chi connectivity index (χ0v) is 15.7. The van der Waals surface area contributed by atoms with Crippen LogP contribution in [0.5, 0.6) is 0 Å². The van der Waals surface area contributed by atoms with Crippen molar-refractivity contribution in [3.63, 3.8) is 0 Å². The molecule has 3 heterocycles. The number of aromatic nitrogens is 2. The van der Waals surface area contributed by atoms with Crippen molar-refractivity contribution in [2.24, 2.45) is 0 Å². The fourth-order valence-electron chi connectivity index (χ4n) is 2.48. The van der Waals surface area contributed by atoms with Crippen molar-refractivity contribution < 1.29 is 4.79 Å². The van der Waals surface area contributed by atoms with Crippen LogP contribution in [-0.2, 0) is 0 Å². The van der Waals surface area contributed by atoms with Crippen LogP contribution in [0.2, 0.25) is 10.0 Å². The van der Waals surface area contributed by atoms with Gasteiger partial charge in [0.05, 0.1) is 10.0 Å². The molecule has 2 aromatic rings. The molecular weight excluding hydrogens is 383 g/mol. The van der Waals surface area contributed by atoms with Gasteiger partial charge in [0, 0.05) is 57.0 Å². The van der Waals surface area contributed by atoms with Crippen molar-refractivity contribution in [3.8, 4) is 0 Å². The van der Waals surface area contributed by atoms with Crippen LogP contribution >= 0.6 is 34.5 Å². The van der Waals surface area contributed by atoms with E-state index in [0.717, 1.165) is 18.2 Å². The molecule has 0 bridgehead atoms. The van der Waals surface area contributed by atoms with E-state index in [1.807, 2.05) is 10.3 Å². The number of thiazole rings is 1. The molecule has 10 heteroatoms. The highest BCUT2D eigenvalue weighted by Gasteiger charge is 2.21. The predicted octanol–water partition coefficient (Wildman–Crippen LogP) is 2.79. The van der Waals surface area contributed by atoms with E-state index in [4.69, 9.17) is 23.2 Å². The van der Waals surface area contributed by atoms with E-state index in [-0.39, 0.29) is 6.03 Å². The van der Waals surface area contributed by atoms with Gasteiger partial charge in [-0.25, -0.2) is 14.8 Å². The number of halogens is 2. The maximum Gasteiger partial charge on any atom is 0.317 e. The van der Waals surface area contributed by atoms with E-state index in [9.17, 15) is 4.79 Å². The topological polar surface area (TPSA) is 73.4 Å². The highest BCUT2D eigenvalue weighted by Crippen LogP contribution is 2.22. The fraction of sp³-hybridized carbons (Fsp3) is 0.400. The first-order valence-corrected chi connectivity index (χ1v) is 9.49. The minimum absolute atomic E-state index is 0.0595. The summed E-state index contributed by atoms with van der Waals surface area (Å²) in [5.41, 5.74) is 0. The molecule has 1 aliphatic heterocycles. The van der Waals surface area contributed by atoms with Gasteiger partial charge in [0.15, 0.2) is 5.13 Å². The first kappa shape index (κ1) is 18.0. The summed E-state index contributed by atoms with van der Waals surface area (Å²) >= 11 is 13.5. The Morgan fingerprint density at radius 3 is 2.68 bits per heavy atom. The molecule has 25 heavy (non-hydrogen) atoms. The van der Waals surface area contributed by atoms with Crippen LogP contribution < -0.4 is 15.5 Å². The Balaban J connectivity index is 1.37. The van der Waals surface area contributed by atoms with E-state index in [0.29, 0.717) is 42.0 Å². The van der Waals surface area contributed by atoms with E-state index >= 15 is 0 Å². The number of urea groups is 1. The SMILES string of the molecule is O=C(NCCNc1ncc(Cl)cc1Cl)N1CCN(c2nccs2)CC1. The molecule has 134 valence electrons. The average Bonchev–Trinajstić information content (AvgIpc) is 3.15. The van der Waals surface area contributed by atoms with Crippen LogP contribution in [0, 0.1) is 0 Å². The molecule has 2 N–H and O–H groups in total. The lowest BCUT2D eigenvalue weighted by Gasteiger charge is -2.34. The maximum atomic E-state index is 12.2. The number of anilines is 2. The second-order valence-electron chi connectivity index (χ2n) is 5.43. The lowest BCUT2D eigenvalue weighted by molar-refractivity contribution is 0.195. The largest absolute Gasteiger partial charge is 0.367 e. The van der Waals surface area contributed by atoms with Crippen LogP contribution in [0.15, 0.2) is 23.8 Å². The third kappa shape index (κ3) is 4.87. The number of amides is 2. The number of rotatable bonds is 5. The smallest absolute Gasteiger partial charge is 0.317 e. The number of hydrogen-bond donors (Lipinski definition) is 2. The van der Waals surface area contributed by atoms with Gasteiger partial charge < -0.3 is 20.4 Å². The second kappa shape index (κ2) is 8.55. The van der Waals surface area contributed by atoms with E-state index in [2.05, 4.69) is 25.5 Å². The summed E-state index contributed by atoms with van der Waals surface area (Å²) in [6.07, 6.45) is 3.32. The average molecular weight is 401 g/mol. The molecule has 1 saturated heterocycles. The van der Waals surface area contributed by atoms with Gasteiger partial charge in [-0.2, -0.15) is 0 Å².